The summed E-state index contributed by atoms with van der Waals surface area (Å²) in [6, 6.07) is 6.25. The molecule has 4 nitrogen and oxygen atoms in total. The Morgan fingerprint density at radius 2 is 2.10 bits per heavy atom. The van der Waals surface area contributed by atoms with E-state index in [0.29, 0.717) is 17.4 Å². The molecule has 2 saturated carbocycles. The Labute approximate surface area is 123 Å². The van der Waals surface area contributed by atoms with E-state index in [1.807, 2.05) is 6.07 Å². The van der Waals surface area contributed by atoms with Gasteiger partial charge >= 0.3 is 0 Å². The van der Waals surface area contributed by atoms with Crippen LogP contribution in [0.2, 0.25) is 5.02 Å². The molecular formula is C14H15ClN2O2S. The highest BCUT2D eigenvalue weighted by molar-refractivity contribution is 7.89. The number of rotatable bonds is 3. The molecule has 0 radical (unpaired) electrons. The molecule has 20 heavy (non-hydrogen) atoms. The number of halogens is 1. The van der Waals surface area contributed by atoms with Gasteiger partial charge in [0.25, 0.3) is 0 Å². The van der Waals surface area contributed by atoms with Gasteiger partial charge in [0.05, 0.1) is 16.7 Å². The highest BCUT2D eigenvalue weighted by Gasteiger charge is 2.41. The van der Waals surface area contributed by atoms with Crippen molar-refractivity contribution < 1.29 is 8.42 Å². The molecule has 2 aliphatic rings. The molecule has 1 aromatic rings. The molecule has 1 aromatic carbocycles. The smallest absolute Gasteiger partial charge is 0.208 e. The van der Waals surface area contributed by atoms with Crippen molar-refractivity contribution in [1.82, 2.24) is 4.72 Å². The summed E-state index contributed by atoms with van der Waals surface area (Å²) in [7, 11) is -3.66. The highest BCUT2D eigenvalue weighted by Crippen LogP contribution is 2.45. The summed E-state index contributed by atoms with van der Waals surface area (Å²) in [6.07, 6.45) is 4.36. The molecular weight excluding hydrogens is 296 g/mol. The van der Waals surface area contributed by atoms with Crippen molar-refractivity contribution in [3.8, 4) is 6.07 Å². The Morgan fingerprint density at radius 3 is 2.70 bits per heavy atom. The third-order valence-electron chi connectivity index (χ3n) is 4.39. The molecule has 3 unspecified atom stereocenters. The summed E-state index contributed by atoms with van der Waals surface area (Å²) in [5, 5.41) is 9.03. The van der Waals surface area contributed by atoms with Gasteiger partial charge in [0.1, 0.15) is 4.90 Å². The van der Waals surface area contributed by atoms with Crippen molar-refractivity contribution in [2.75, 3.05) is 0 Å². The largest absolute Gasteiger partial charge is 0.242 e. The van der Waals surface area contributed by atoms with E-state index in [1.165, 1.54) is 24.6 Å². The lowest BCUT2D eigenvalue weighted by atomic mass is 9.96. The first-order chi connectivity index (χ1) is 9.49. The van der Waals surface area contributed by atoms with Crippen LogP contribution in [0.25, 0.3) is 0 Å². The maximum atomic E-state index is 12.4. The van der Waals surface area contributed by atoms with E-state index in [4.69, 9.17) is 16.9 Å². The Bertz CT molecular complexity index is 681. The van der Waals surface area contributed by atoms with E-state index in [2.05, 4.69) is 4.72 Å². The van der Waals surface area contributed by atoms with Crippen molar-refractivity contribution in [1.29, 1.82) is 5.26 Å². The van der Waals surface area contributed by atoms with Gasteiger partial charge in [-0.15, -0.1) is 0 Å². The zero-order chi connectivity index (χ0) is 14.3. The topological polar surface area (TPSA) is 70.0 Å². The fourth-order valence-electron chi connectivity index (χ4n) is 3.43. The first-order valence-corrected chi connectivity index (χ1v) is 8.57. The van der Waals surface area contributed by atoms with Crippen LogP contribution in [0.1, 0.15) is 31.2 Å². The molecule has 2 bridgehead atoms. The van der Waals surface area contributed by atoms with Crippen molar-refractivity contribution in [3.05, 3.63) is 28.8 Å². The molecule has 0 saturated heterocycles. The Balaban J connectivity index is 1.87. The van der Waals surface area contributed by atoms with Crippen molar-refractivity contribution in [3.63, 3.8) is 0 Å². The second-order valence-electron chi connectivity index (χ2n) is 5.66. The summed E-state index contributed by atoms with van der Waals surface area (Å²) in [5.74, 6) is 1.11. The number of benzene rings is 1. The van der Waals surface area contributed by atoms with E-state index in [9.17, 15) is 8.42 Å². The van der Waals surface area contributed by atoms with Crippen LogP contribution in [-0.2, 0) is 10.0 Å². The predicted octanol–water partition coefficient (Wildman–Crippen LogP) is 2.68. The average Bonchev–Trinajstić information content (AvgIpc) is 3.01. The lowest BCUT2D eigenvalue weighted by molar-refractivity contribution is 0.390. The second kappa shape index (κ2) is 5.03. The number of sulfonamides is 1. The van der Waals surface area contributed by atoms with E-state index in [0.717, 1.165) is 19.3 Å². The average molecular weight is 311 g/mol. The van der Waals surface area contributed by atoms with Gasteiger partial charge in [0, 0.05) is 6.04 Å². The molecule has 1 N–H and O–H groups in total. The minimum absolute atomic E-state index is 0.000917. The van der Waals surface area contributed by atoms with Gasteiger partial charge in [-0.3, -0.25) is 0 Å². The third kappa shape index (κ3) is 2.44. The molecule has 2 fully saturated rings. The van der Waals surface area contributed by atoms with Gasteiger partial charge in [-0.2, -0.15) is 5.26 Å². The summed E-state index contributed by atoms with van der Waals surface area (Å²) in [4.78, 5) is 0.000917. The lowest BCUT2D eigenvalue weighted by Gasteiger charge is -2.23. The van der Waals surface area contributed by atoms with Crippen molar-refractivity contribution in [2.24, 2.45) is 11.8 Å². The molecule has 3 atom stereocenters. The quantitative estimate of drug-likeness (QED) is 0.933. The first kappa shape index (κ1) is 13.9. The molecule has 0 aliphatic heterocycles. The maximum Gasteiger partial charge on any atom is 0.242 e. The van der Waals surface area contributed by atoms with Gasteiger partial charge in [-0.1, -0.05) is 18.0 Å². The van der Waals surface area contributed by atoms with Crippen LogP contribution < -0.4 is 4.72 Å². The molecule has 0 spiro atoms. The monoisotopic (exact) mass is 310 g/mol. The molecule has 0 aromatic heterocycles. The predicted molar refractivity (Wildman–Crippen MR) is 75.7 cm³/mol. The van der Waals surface area contributed by atoms with E-state index < -0.39 is 10.0 Å². The fraction of sp³-hybridized carbons (Fsp3) is 0.500. The molecule has 2 aliphatic carbocycles. The van der Waals surface area contributed by atoms with Gasteiger partial charge in [0.2, 0.25) is 10.0 Å². The number of hydrogen-bond donors (Lipinski definition) is 1. The van der Waals surface area contributed by atoms with E-state index in [1.54, 1.807) is 0 Å². The normalized spacial score (nSPS) is 28.5. The molecule has 0 amide bonds. The minimum atomic E-state index is -3.66. The van der Waals surface area contributed by atoms with E-state index >= 15 is 0 Å². The fourth-order valence-corrected chi connectivity index (χ4v) is 5.27. The van der Waals surface area contributed by atoms with Gasteiger partial charge in [-0.25, -0.2) is 13.1 Å². The molecule has 0 heterocycles. The van der Waals surface area contributed by atoms with Crippen LogP contribution in [0.15, 0.2) is 23.1 Å². The Morgan fingerprint density at radius 1 is 1.30 bits per heavy atom. The number of fused-ring (bicyclic) bond motifs is 2. The summed E-state index contributed by atoms with van der Waals surface area (Å²) >= 11 is 5.97. The summed E-state index contributed by atoms with van der Waals surface area (Å²) < 4.78 is 27.7. The first-order valence-electron chi connectivity index (χ1n) is 6.71. The summed E-state index contributed by atoms with van der Waals surface area (Å²) in [6.45, 7) is 0. The second-order valence-corrected chi connectivity index (χ2v) is 7.75. The van der Waals surface area contributed by atoms with Crippen LogP contribution in [0.3, 0.4) is 0 Å². The lowest BCUT2D eigenvalue weighted by Crippen LogP contribution is -2.38. The molecule has 6 heteroatoms. The van der Waals surface area contributed by atoms with Crippen LogP contribution in [0.4, 0.5) is 0 Å². The van der Waals surface area contributed by atoms with Crippen molar-refractivity contribution in [2.45, 2.75) is 36.6 Å². The van der Waals surface area contributed by atoms with Crippen molar-refractivity contribution >= 4 is 21.6 Å². The highest BCUT2D eigenvalue weighted by atomic mass is 35.5. The number of hydrogen-bond acceptors (Lipinski definition) is 3. The van der Waals surface area contributed by atoms with Crippen LogP contribution >= 0.6 is 11.6 Å². The SMILES string of the molecule is N#Cc1ccc(Cl)c(S(=O)(=O)NC2CC3CCC2C3)c1. The molecule has 3 rings (SSSR count). The standard InChI is InChI=1S/C14H15ClN2O2S/c15-12-4-2-10(8-16)7-14(12)20(18,19)17-13-6-9-1-3-11(13)5-9/h2,4,7,9,11,13,17H,1,3,5-6H2. The summed E-state index contributed by atoms with van der Waals surface area (Å²) in [5.41, 5.74) is 0.294. The van der Waals surface area contributed by atoms with Gasteiger partial charge in [-0.05, 0) is 49.3 Å². The maximum absolute atomic E-state index is 12.4. The number of nitrogens with zero attached hydrogens (tertiary/aromatic N) is 1. The zero-order valence-electron chi connectivity index (χ0n) is 10.8. The third-order valence-corrected chi connectivity index (χ3v) is 6.37. The van der Waals surface area contributed by atoms with Gasteiger partial charge in [0.15, 0.2) is 0 Å². The van der Waals surface area contributed by atoms with Gasteiger partial charge < -0.3 is 0 Å². The van der Waals surface area contributed by atoms with Crippen LogP contribution in [0, 0.1) is 23.2 Å². The number of nitrogens with one attached hydrogen (secondary N) is 1. The van der Waals surface area contributed by atoms with E-state index in [-0.39, 0.29) is 16.0 Å². The Kier molecular flexibility index (Phi) is 3.49. The molecule has 106 valence electrons. The zero-order valence-corrected chi connectivity index (χ0v) is 12.4. The number of nitriles is 1. The Hall–Kier alpha value is -1.09. The minimum Gasteiger partial charge on any atom is -0.208 e. The van der Waals surface area contributed by atoms with Crippen LogP contribution in [-0.4, -0.2) is 14.5 Å². The van der Waals surface area contributed by atoms with Crippen LogP contribution in [0.5, 0.6) is 0 Å².